The average Bonchev–Trinajstić information content (AvgIpc) is 3.13. The third-order valence-electron chi connectivity index (χ3n) is 4.75. The highest BCUT2D eigenvalue weighted by molar-refractivity contribution is 6.34. The van der Waals surface area contributed by atoms with Gasteiger partial charge in [0, 0.05) is 11.1 Å². The van der Waals surface area contributed by atoms with Crippen molar-refractivity contribution in [2.75, 3.05) is 12.4 Å². The summed E-state index contributed by atoms with van der Waals surface area (Å²) in [5.41, 5.74) is 1.36. The third-order valence-corrected chi connectivity index (χ3v) is 5.08. The van der Waals surface area contributed by atoms with Crippen LogP contribution in [0.5, 0.6) is 5.75 Å². The predicted octanol–water partition coefficient (Wildman–Crippen LogP) is 5.37. The van der Waals surface area contributed by atoms with E-state index in [0.29, 0.717) is 29.9 Å². The highest BCUT2D eigenvalue weighted by Crippen LogP contribution is 2.38. The first-order chi connectivity index (χ1) is 13.8. The molecule has 0 aliphatic heterocycles. The maximum absolute atomic E-state index is 12.9. The Morgan fingerprint density at radius 3 is 2.72 bits per heavy atom. The first kappa shape index (κ1) is 19.3. The normalized spacial score (nSPS) is 12.9. The van der Waals surface area contributed by atoms with Gasteiger partial charge in [-0.05, 0) is 54.8 Å². The van der Waals surface area contributed by atoms with E-state index in [9.17, 15) is 18.0 Å². The number of nitrogens with one attached hydrogen (secondary N) is 1. The van der Waals surface area contributed by atoms with Crippen LogP contribution in [0.2, 0.25) is 5.02 Å². The van der Waals surface area contributed by atoms with Gasteiger partial charge in [-0.3, -0.25) is 4.79 Å². The van der Waals surface area contributed by atoms with Gasteiger partial charge in [-0.2, -0.15) is 13.2 Å². The summed E-state index contributed by atoms with van der Waals surface area (Å²) < 4.78 is 49.4. The minimum atomic E-state index is -4.55. The summed E-state index contributed by atoms with van der Waals surface area (Å²) in [6, 6.07) is 8.21. The molecule has 5 nitrogen and oxygen atoms in total. The number of benzene rings is 2. The third kappa shape index (κ3) is 3.55. The number of aromatic nitrogens is 1. The molecule has 1 N–H and O–H groups in total. The smallest absolute Gasteiger partial charge is 0.416 e. The van der Waals surface area contributed by atoms with Crippen molar-refractivity contribution in [2.45, 2.75) is 19.0 Å². The van der Waals surface area contributed by atoms with Crippen molar-refractivity contribution >= 4 is 23.2 Å². The Morgan fingerprint density at radius 2 is 2.00 bits per heavy atom. The van der Waals surface area contributed by atoms with Gasteiger partial charge >= 0.3 is 6.18 Å². The van der Waals surface area contributed by atoms with Crippen LogP contribution in [0.4, 0.5) is 18.9 Å². The molecular weight excluding hydrogens is 409 g/mol. The van der Waals surface area contributed by atoms with Crippen LogP contribution >= 0.6 is 11.6 Å². The number of methoxy groups -OCH3 is 1. The topological polar surface area (TPSA) is 64.4 Å². The Balaban J connectivity index is 1.65. The average molecular weight is 423 g/mol. The van der Waals surface area contributed by atoms with Gasteiger partial charge in [0.15, 0.2) is 11.5 Å². The molecule has 1 aliphatic carbocycles. The Labute approximate surface area is 168 Å². The molecule has 1 aromatic heterocycles. The second-order valence-corrected chi connectivity index (χ2v) is 6.92. The number of ether oxygens (including phenoxy) is 1. The van der Waals surface area contributed by atoms with E-state index in [-0.39, 0.29) is 16.4 Å². The van der Waals surface area contributed by atoms with Crippen LogP contribution in [0.15, 0.2) is 40.9 Å². The molecule has 0 unspecified atom stereocenters. The number of nitrogens with zero attached hydrogens (tertiary/aromatic N) is 1. The number of hydrogen-bond acceptors (Lipinski definition) is 4. The van der Waals surface area contributed by atoms with Gasteiger partial charge < -0.3 is 14.6 Å². The van der Waals surface area contributed by atoms with Crippen LogP contribution in [-0.2, 0) is 19.0 Å². The quantitative estimate of drug-likeness (QED) is 0.616. The minimum Gasteiger partial charge on any atom is -0.497 e. The van der Waals surface area contributed by atoms with Gasteiger partial charge in [0.25, 0.3) is 5.91 Å². The lowest BCUT2D eigenvalue weighted by atomic mass is 9.89. The first-order valence-electron chi connectivity index (χ1n) is 8.62. The molecule has 1 amide bonds. The monoisotopic (exact) mass is 422 g/mol. The fourth-order valence-electron chi connectivity index (χ4n) is 3.30. The van der Waals surface area contributed by atoms with E-state index >= 15 is 0 Å². The minimum absolute atomic E-state index is 0.0128. The molecule has 0 radical (unpaired) electrons. The van der Waals surface area contributed by atoms with Crippen molar-refractivity contribution in [1.29, 1.82) is 0 Å². The number of amides is 1. The molecule has 0 spiro atoms. The molecule has 0 fully saturated rings. The molecule has 2 aromatic carbocycles. The second kappa shape index (κ2) is 7.11. The molecule has 29 heavy (non-hydrogen) atoms. The fourth-order valence-corrected chi connectivity index (χ4v) is 3.46. The molecule has 1 aliphatic rings. The van der Waals surface area contributed by atoms with Gasteiger partial charge in [0.05, 0.1) is 23.4 Å². The lowest BCUT2D eigenvalue weighted by Crippen LogP contribution is -2.17. The molecule has 0 saturated heterocycles. The van der Waals surface area contributed by atoms with Crippen molar-refractivity contribution < 1.29 is 27.2 Å². The molecule has 1 heterocycles. The van der Waals surface area contributed by atoms with Gasteiger partial charge in [-0.15, -0.1) is 0 Å². The van der Waals surface area contributed by atoms with E-state index in [1.54, 1.807) is 13.2 Å². The standard InChI is InChI=1S/C20H14ClF3N2O3/c1-28-12-4-6-13-10(8-12)2-5-14-17(26-29-18(13)14)19(27)25-16-9-11(20(22,23)24)3-7-15(16)21/h3-4,6-9H,2,5H2,1H3,(H,25,27). The van der Waals surface area contributed by atoms with Crippen LogP contribution in [0.25, 0.3) is 11.3 Å². The zero-order chi connectivity index (χ0) is 20.8. The van der Waals surface area contributed by atoms with Crippen molar-refractivity contribution in [1.82, 2.24) is 5.16 Å². The first-order valence-corrected chi connectivity index (χ1v) is 8.99. The van der Waals surface area contributed by atoms with Crippen LogP contribution < -0.4 is 10.1 Å². The number of carbonyl (C=O) groups excluding carboxylic acids is 1. The SMILES string of the molecule is COc1ccc2c(c1)CCc1c(C(=O)Nc3cc(C(F)(F)F)ccc3Cl)noc1-2. The van der Waals surface area contributed by atoms with E-state index in [4.69, 9.17) is 20.9 Å². The number of fused-ring (bicyclic) bond motifs is 3. The Bertz CT molecular complexity index is 1110. The lowest BCUT2D eigenvalue weighted by molar-refractivity contribution is -0.137. The molecule has 150 valence electrons. The summed E-state index contributed by atoms with van der Waals surface area (Å²) in [5, 5.41) is 6.24. The van der Waals surface area contributed by atoms with Crippen LogP contribution in [0.1, 0.15) is 27.2 Å². The molecule has 3 aromatic rings. The summed E-state index contributed by atoms with van der Waals surface area (Å²) in [5.74, 6) is 0.492. The second-order valence-electron chi connectivity index (χ2n) is 6.51. The highest BCUT2D eigenvalue weighted by atomic mass is 35.5. The van der Waals surface area contributed by atoms with Gasteiger partial charge in [0.2, 0.25) is 0 Å². The number of aryl methyl sites for hydroxylation is 1. The molecule has 0 saturated carbocycles. The maximum atomic E-state index is 12.9. The van der Waals surface area contributed by atoms with E-state index in [1.165, 1.54) is 0 Å². The summed E-state index contributed by atoms with van der Waals surface area (Å²) in [6.45, 7) is 0. The van der Waals surface area contributed by atoms with Crippen molar-refractivity contribution in [3.05, 3.63) is 63.8 Å². The van der Waals surface area contributed by atoms with Crippen molar-refractivity contribution in [3.63, 3.8) is 0 Å². The predicted molar refractivity (Wildman–Crippen MR) is 100 cm³/mol. The Hall–Kier alpha value is -3.00. The van der Waals surface area contributed by atoms with E-state index in [0.717, 1.165) is 29.3 Å². The molecular formula is C20H14ClF3N2O3. The maximum Gasteiger partial charge on any atom is 0.416 e. The number of alkyl halides is 3. The number of anilines is 1. The van der Waals surface area contributed by atoms with Gasteiger partial charge in [-0.25, -0.2) is 0 Å². The van der Waals surface area contributed by atoms with Gasteiger partial charge in [0.1, 0.15) is 5.75 Å². The number of rotatable bonds is 3. The van der Waals surface area contributed by atoms with E-state index in [2.05, 4.69) is 10.5 Å². The van der Waals surface area contributed by atoms with Crippen LogP contribution in [0, 0.1) is 0 Å². The van der Waals surface area contributed by atoms with E-state index in [1.807, 2.05) is 12.1 Å². The van der Waals surface area contributed by atoms with Gasteiger partial charge in [-0.1, -0.05) is 16.8 Å². The lowest BCUT2D eigenvalue weighted by Gasteiger charge is -2.16. The highest BCUT2D eigenvalue weighted by Gasteiger charge is 2.32. The summed E-state index contributed by atoms with van der Waals surface area (Å²) >= 11 is 5.95. The summed E-state index contributed by atoms with van der Waals surface area (Å²) in [4.78, 5) is 12.7. The summed E-state index contributed by atoms with van der Waals surface area (Å²) in [6.07, 6.45) is -3.41. The largest absolute Gasteiger partial charge is 0.497 e. The molecule has 0 atom stereocenters. The molecule has 0 bridgehead atoms. The fraction of sp³-hybridized carbons (Fsp3) is 0.200. The molecule has 4 rings (SSSR count). The van der Waals surface area contributed by atoms with Crippen LogP contribution in [0.3, 0.4) is 0 Å². The summed E-state index contributed by atoms with van der Waals surface area (Å²) in [7, 11) is 1.58. The van der Waals surface area contributed by atoms with Crippen molar-refractivity contribution in [3.8, 4) is 17.1 Å². The Kier molecular flexibility index (Phi) is 4.74. The number of halogens is 4. The number of hydrogen-bond donors (Lipinski definition) is 1. The van der Waals surface area contributed by atoms with Crippen LogP contribution in [-0.4, -0.2) is 18.2 Å². The zero-order valence-corrected chi connectivity index (χ0v) is 15.8. The number of carbonyl (C=O) groups is 1. The van der Waals surface area contributed by atoms with E-state index < -0.39 is 17.6 Å². The van der Waals surface area contributed by atoms with Crippen molar-refractivity contribution in [2.24, 2.45) is 0 Å². The Morgan fingerprint density at radius 1 is 1.21 bits per heavy atom. The molecule has 9 heteroatoms. The zero-order valence-electron chi connectivity index (χ0n) is 15.1.